The van der Waals surface area contributed by atoms with Crippen molar-refractivity contribution in [2.75, 3.05) is 25.5 Å². The van der Waals surface area contributed by atoms with E-state index >= 15 is 0 Å². The molecule has 4 heteroatoms. The summed E-state index contributed by atoms with van der Waals surface area (Å²) >= 11 is 0. The number of fused-ring (bicyclic) bond motifs is 3. The molecule has 0 fully saturated rings. The number of hydrogen-bond donors (Lipinski definition) is 1. The Balaban J connectivity index is 1.91. The molecule has 4 nitrogen and oxygen atoms in total. The number of nitrogens with zero attached hydrogens (tertiary/aromatic N) is 3. The van der Waals surface area contributed by atoms with Gasteiger partial charge in [0, 0.05) is 24.8 Å². The first-order chi connectivity index (χ1) is 10.7. The van der Waals surface area contributed by atoms with Gasteiger partial charge in [-0.1, -0.05) is 42.5 Å². The summed E-state index contributed by atoms with van der Waals surface area (Å²) in [6, 6.07) is 19.0. The Morgan fingerprint density at radius 3 is 2.55 bits per heavy atom. The maximum absolute atomic E-state index is 4.80. The monoisotopic (exact) mass is 292 g/mol. The van der Waals surface area contributed by atoms with Crippen molar-refractivity contribution in [2.24, 2.45) is 5.10 Å². The molecule has 2 aliphatic rings. The van der Waals surface area contributed by atoms with Gasteiger partial charge < -0.3 is 10.2 Å². The van der Waals surface area contributed by atoms with Crippen LogP contribution in [0.25, 0.3) is 0 Å². The molecule has 22 heavy (non-hydrogen) atoms. The van der Waals surface area contributed by atoms with Gasteiger partial charge in [0.2, 0.25) is 0 Å². The maximum atomic E-state index is 4.80. The third-order valence-electron chi connectivity index (χ3n) is 4.59. The van der Waals surface area contributed by atoms with E-state index in [1.165, 1.54) is 11.1 Å². The largest absolute Gasteiger partial charge is 0.359 e. The summed E-state index contributed by atoms with van der Waals surface area (Å²) in [6.07, 6.45) is 0. The summed E-state index contributed by atoms with van der Waals surface area (Å²) in [4.78, 5) is 2.38. The highest BCUT2D eigenvalue weighted by Gasteiger charge is 2.42. The minimum absolute atomic E-state index is 0.282. The second kappa shape index (κ2) is 4.77. The van der Waals surface area contributed by atoms with E-state index in [9.17, 15) is 0 Å². The lowest BCUT2D eigenvalue weighted by molar-refractivity contribution is 0.167. The molecule has 2 aliphatic heterocycles. The average molecular weight is 292 g/mol. The van der Waals surface area contributed by atoms with Gasteiger partial charge in [-0.2, -0.15) is 5.10 Å². The zero-order valence-electron chi connectivity index (χ0n) is 13.0. The summed E-state index contributed by atoms with van der Waals surface area (Å²) < 4.78 is 0. The number of rotatable bonds is 1. The van der Waals surface area contributed by atoms with E-state index < -0.39 is 0 Å². The summed E-state index contributed by atoms with van der Waals surface area (Å²) in [5.74, 6) is 1.05. The van der Waals surface area contributed by atoms with Crippen molar-refractivity contribution in [2.45, 2.75) is 12.6 Å². The normalized spacial score (nSPS) is 23.3. The first kappa shape index (κ1) is 13.2. The smallest absolute Gasteiger partial charge is 0.160 e. The number of nitrogens with one attached hydrogen (secondary N) is 1. The molecular formula is C18H20N4. The van der Waals surface area contributed by atoms with Gasteiger partial charge in [-0.05, 0) is 24.6 Å². The van der Waals surface area contributed by atoms with Crippen LogP contribution in [0.4, 0.5) is 5.69 Å². The van der Waals surface area contributed by atoms with Crippen molar-refractivity contribution >= 4 is 11.5 Å². The molecule has 0 saturated carbocycles. The highest BCUT2D eigenvalue weighted by molar-refractivity contribution is 6.06. The molecule has 0 aromatic heterocycles. The van der Waals surface area contributed by atoms with Gasteiger partial charge in [0.1, 0.15) is 5.66 Å². The minimum atomic E-state index is -0.282. The number of hydrazone groups is 1. The van der Waals surface area contributed by atoms with E-state index in [-0.39, 0.29) is 5.66 Å². The second-order valence-corrected chi connectivity index (χ2v) is 6.07. The van der Waals surface area contributed by atoms with Gasteiger partial charge in [-0.3, -0.25) is 5.01 Å². The Morgan fingerprint density at radius 2 is 1.73 bits per heavy atom. The van der Waals surface area contributed by atoms with Crippen LogP contribution in [0.5, 0.6) is 0 Å². The lowest BCUT2D eigenvalue weighted by Gasteiger charge is -2.50. The number of anilines is 1. The molecule has 0 spiro atoms. The lowest BCUT2D eigenvalue weighted by Crippen LogP contribution is -2.59. The van der Waals surface area contributed by atoms with Crippen molar-refractivity contribution in [3.8, 4) is 0 Å². The maximum Gasteiger partial charge on any atom is 0.160 e. The molecular weight excluding hydrogens is 272 g/mol. The van der Waals surface area contributed by atoms with E-state index in [0.717, 1.165) is 24.6 Å². The van der Waals surface area contributed by atoms with Crippen LogP contribution in [-0.4, -0.2) is 35.9 Å². The van der Waals surface area contributed by atoms with Crippen molar-refractivity contribution in [3.63, 3.8) is 0 Å². The first-order valence-corrected chi connectivity index (χ1v) is 7.69. The van der Waals surface area contributed by atoms with E-state index in [1.54, 1.807) is 0 Å². The summed E-state index contributed by atoms with van der Waals surface area (Å²) in [5, 5.41) is 10.6. The fraction of sp³-hybridized carbons (Fsp3) is 0.278. The predicted molar refractivity (Wildman–Crippen MR) is 89.7 cm³/mol. The van der Waals surface area contributed by atoms with Gasteiger partial charge in [0.05, 0.1) is 6.54 Å². The van der Waals surface area contributed by atoms with Crippen LogP contribution < -0.4 is 5.32 Å². The van der Waals surface area contributed by atoms with Crippen molar-refractivity contribution in [1.29, 1.82) is 0 Å². The molecule has 0 radical (unpaired) electrons. The Morgan fingerprint density at radius 1 is 1.00 bits per heavy atom. The van der Waals surface area contributed by atoms with E-state index in [2.05, 4.69) is 71.7 Å². The molecule has 0 amide bonds. The second-order valence-electron chi connectivity index (χ2n) is 6.07. The number of hydrogen-bond acceptors (Lipinski definition) is 4. The van der Waals surface area contributed by atoms with Gasteiger partial charge in [0.15, 0.2) is 5.84 Å². The number of likely N-dealkylation sites (N-methyl/N-ethyl adjacent to an activating group) is 1. The van der Waals surface area contributed by atoms with Gasteiger partial charge in [0.25, 0.3) is 0 Å². The number of amidine groups is 1. The molecule has 2 aromatic carbocycles. The molecule has 0 aliphatic carbocycles. The van der Waals surface area contributed by atoms with E-state index in [1.807, 2.05) is 12.1 Å². The van der Waals surface area contributed by atoms with Crippen LogP contribution >= 0.6 is 0 Å². The number of benzene rings is 2. The molecule has 1 N–H and O–H groups in total. The number of para-hydroxylation sites is 1. The topological polar surface area (TPSA) is 30.9 Å². The predicted octanol–water partition coefficient (Wildman–Crippen LogP) is 2.89. The SMILES string of the molecule is CN1CCN2C(=N1)c1ccccc1NC2(C)c1ccccc1. The molecule has 1 unspecified atom stereocenters. The van der Waals surface area contributed by atoms with Crippen LogP contribution in [0.2, 0.25) is 0 Å². The highest BCUT2D eigenvalue weighted by Crippen LogP contribution is 2.38. The van der Waals surface area contributed by atoms with Crippen LogP contribution in [0.15, 0.2) is 59.7 Å². The van der Waals surface area contributed by atoms with Crippen LogP contribution in [0, 0.1) is 0 Å². The summed E-state index contributed by atoms with van der Waals surface area (Å²) in [6.45, 7) is 4.11. The molecule has 0 bridgehead atoms. The van der Waals surface area contributed by atoms with Crippen LogP contribution in [-0.2, 0) is 5.66 Å². The van der Waals surface area contributed by atoms with Crippen LogP contribution in [0.1, 0.15) is 18.1 Å². The van der Waals surface area contributed by atoms with Crippen molar-refractivity contribution in [1.82, 2.24) is 9.91 Å². The zero-order valence-corrected chi connectivity index (χ0v) is 13.0. The zero-order chi connectivity index (χ0) is 15.2. The Kier molecular flexibility index (Phi) is 2.86. The highest BCUT2D eigenvalue weighted by atomic mass is 15.5. The molecule has 4 rings (SSSR count). The van der Waals surface area contributed by atoms with E-state index in [0.29, 0.717) is 0 Å². The standard InChI is InChI=1S/C18H20N4/c1-18(14-8-4-3-5-9-14)19-16-11-7-6-10-15(16)17-20-21(2)12-13-22(17)18/h3-11,19H,12-13H2,1-2H3. The summed E-state index contributed by atoms with van der Waals surface area (Å²) in [7, 11) is 2.04. The quantitative estimate of drug-likeness (QED) is 0.877. The van der Waals surface area contributed by atoms with Gasteiger partial charge >= 0.3 is 0 Å². The first-order valence-electron chi connectivity index (χ1n) is 7.69. The Labute approximate surface area is 131 Å². The molecule has 112 valence electrons. The fourth-order valence-corrected chi connectivity index (χ4v) is 3.36. The third-order valence-corrected chi connectivity index (χ3v) is 4.59. The van der Waals surface area contributed by atoms with Gasteiger partial charge in [-0.15, -0.1) is 0 Å². The lowest BCUT2D eigenvalue weighted by atomic mass is 9.93. The van der Waals surface area contributed by atoms with Crippen molar-refractivity contribution < 1.29 is 0 Å². The molecule has 1 atom stereocenters. The van der Waals surface area contributed by atoms with Gasteiger partial charge in [-0.25, -0.2) is 0 Å². The van der Waals surface area contributed by atoms with Crippen LogP contribution in [0.3, 0.4) is 0 Å². The average Bonchev–Trinajstić information content (AvgIpc) is 2.55. The Hall–Kier alpha value is -2.49. The minimum Gasteiger partial charge on any atom is -0.359 e. The fourth-order valence-electron chi connectivity index (χ4n) is 3.36. The van der Waals surface area contributed by atoms with Crippen molar-refractivity contribution in [3.05, 3.63) is 65.7 Å². The molecule has 2 aromatic rings. The third kappa shape index (κ3) is 1.87. The molecule has 2 heterocycles. The molecule has 0 saturated heterocycles. The summed E-state index contributed by atoms with van der Waals surface area (Å²) in [5.41, 5.74) is 3.28. The Bertz CT molecular complexity index is 725. The van der Waals surface area contributed by atoms with E-state index in [4.69, 9.17) is 5.10 Å².